The van der Waals surface area contributed by atoms with Gasteiger partial charge in [-0.1, -0.05) is 17.7 Å². The van der Waals surface area contributed by atoms with Crippen LogP contribution in [-0.2, 0) is 11.2 Å². The number of amides is 2. The molecule has 1 fully saturated rings. The normalized spacial score (nSPS) is 15.6. The van der Waals surface area contributed by atoms with Crippen molar-refractivity contribution in [2.45, 2.75) is 32.3 Å². The fourth-order valence-electron chi connectivity index (χ4n) is 4.20. The second kappa shape index (κ2) is 10.4. The van der Waals surface area contributed by atoms with Crippen molar-refractivity contribution in [3.05, 3.63) is 76.1 Å². The maximum atomic E-state index is 13.3. The van der Waals surface area contributed by atoms with Crippen LogP contribution in [0.3, 0.4) is 0 Å². The summed E-state index contributed by atoms with van der Waals surface area (Å²) in [5.74, 6) is -0.270. The van der Waals surface area contributed by atoms with Crippen LogP contribution in [0.2, 0.25) is 5.02 Å². The summed E-state index contributed by atoms with van der Waals surface area (Å²) in [4.78, 5) is 20.6. The fraction of sp³-hybridized carbons (Fsp3) is 0.308. The number of carbonyl (C=O) groups is 1. The van der Waals surface area contributed by atoms with Crippen molar-refractivity contribution < 1.29 is 13.9 Å². The summed E-state index contributed by atoms with van der Waals surface area (Å²) >= 11 is 7.79. The number of benzene rings is 2. The van der Waals surface area contributed by atoms with Crippen LogP contribution in [0.1, 0.15) is 24.1 Å². The van der Waals surface area contributed by atoms with Gasteiger partial charge in [-0.25, -0.2) is 14.2 Å². The van der Waals surface area contributed by atoms with E-state index in [0.717, 1.165) is 46.9 Å². The maximum absolute atomic E-state index is 13.3. The third kappa shape index (κ3) is 5.50. The molecule has 1 atom stereocenters. The number of hydrogen-bond donors (Lipinski definition) is 1. The number of aryl methyl sites for hydroxylation is 1. The Labute approximate surface area is 212 Å². The predicted octanol–water partition coefficient (Wildman–Crippen LogP) is 6.42. The Kier molecular flexibility index (Phi) is 7.04. The molecular formula is C26H26ClFN4O2S. The van der Waals surface area contributed by atoms with E-state index in [9.17, 15) is 9.18 Å². The number of halogens is 2. The zero-order valence-corrected chi connectivity index (χ0v) is 20.9. The lowest BCUT2D eigenvalue weighted by Crippen LogP contribution is -2.41. The predicted molar refractivity (Wildman–Crippen MR) is 138 cm³/mol. The standard InChI is InChI=1S/C26H26ClFN4O2S/c1-17-4-9-20(13-23(17)27)29-25(33)31(14-22-3-2-12-34-22)11-10-21-16-35-26-30-24(15-32(21)26)18-5-7-19(28)8-6-18/h4-9,13,15-16,22H,2-3,10-12,14H2,1H3,(H,29,33). The van der Waals surface area contributed by atoms with Gasteiger partial charge in [0.25, 0.3) is 0 Å². The number of anilines is 1. The molecule has 1 unspecified atom stereocenters. The molecule has 2 amide bonds. The van der Waals surface area contributed by atoms with Crippen molar-refractivity contribution in [2.24, 2.45) is 0 Å². The van der Waals surface area contributed by atoms with Crippen molar-refractivity contribution in [2.75, 3.05) is 25.0 Å². The molecule has 6 nitrogen and oxygen atoms in total. The van der Waals surface area contributed by atoms with Gasteiger partial charge in [-0.3, -0.25) is 4.40 Å². The first kappa shape index (κ1) is 23.8. The highest BCUT2D eigenvalue weighted by Gasteiger charge is 2.23. The Morgan fingerprint density at radius 1 is 1.31 bits per heavy atom. The monoisotopic (exact) mass is 512 g/mol. The Balaban J connectivity index is 1.31. The molecule has 2 aromatic carbocycles. The Morgan fingerprint density at radius 2 is 2.14 bits per heavy atom. The van der Waals surface area contributed by atoms with E-state index in [4.69, 9.17) is 16.3 Å². The number of ether oxygens (including phenoxy) is 1. The van der Waals surface area contributed by atoms with Gasteiger partial charge in [-0.05, 0) is 61.7 Å². The van der Waals surface area contributed by atoms with E-state index in [-0.39, 0.29) is 18.0 Å². The second-order valence-corrected chi connectivity index (χ2v) is 9.98. The lowest BCUT2D eigenvalue weighted by atomic mass is 10.2. The highest BCUT2D eigenvalue weighted by molar-refractivity contribution is 7.15. The molecule has 0 bridgehead atoms. The van der Waals surface area contributed by atoms with Crippen LogP contribution in [0.4, 0.5) is 14.9 Å². The summed E-state index contributed by atoms with van der Waals surface area (Å²) in [5.41, 5.74) is 4.35. The molecule has 5 rings (SSSR count). The minimum absolute atomic E-state index is 0.0446. The third-order valence-corrected chi connectivity index (χ3v) is 7.52. The van der Waals surface area contributed by atoms with Crippen molar-refractivity contribution in [3.8, 4) is 11.3 Å². The number of nitrogens with zero attached hydrogens (tertiary/aromatic N) is 3. The minimum Gasteiger partial charge on any atom is -0.376 e. The minimum atomic E-state index is -0.270. The Morgan fingerprint density at radius 3 is 2.89 bits per heavy atom. The highest BCUT2D eigenvalue weighted by atomic mass is 35.5. The van der Waals surface area contributed by atoms with E-state index in [1.165, 1.54) is 12.1 Å². The lowest BCUT2D eigenvalue weighted by molar-refractivity contribution is 0.0838. The molecule has 35 heavy (non-hydrogen) atoms. The van der Waals surface area contributed by atoms with E-state index in [1.54, 1.807) is 29.5 Å². The molecule has 1 aliphatic heterocycles. The lowest BCUT2D eigenvalue weighted by Gasteiger charge is -2.26. The van der Waals surface area contributed by atoms with E-state index >= 15 is 0 Å². The van der Waals surface area contributed by atoms with E-state index in [1.807, 2.05) is 34.6 Å². The van der Waals surface area contributed by atoms with Crippen LogP contribution < -0.4 is 5.32 Å². The van der Waals surface area contributed by atoms with Crippen LogP contribution in [0.15, 0.2) is 54.0 Å². The Hall–Kier alpha value is -2.94. The van der Waals surface area contributed by atoms with Crippen molar-refractivity contribution in [1.82, 2.24) is 14.3 Å². The van der Waals surface area contributed by atoms with Gasteiger partial charge in [0.2, 0.25) is 0 Å². The number of fused-ring (bicyclic) bond motifs is 1. The number of rotatable bonds is 7. The van der Waals surface area contributed by atoms with Gasteiger partial charge in [-0.2, -0.15) is 0 Å². The van der Waals surface area contributed by atoms with Crippen LogP contribution >= 0.6 is 22.9 Å². The number of imidazole rings is 1. The average Bonchev–Trinajstić information content (AvgIpc) is 3.58. The number of hydrogen-bond acceptors (Lipinski definition) is 4. The quantitative estimate of drug-likeness (QED) is 0.311. The number of urea groups is 1. The molecule has 9 heteroatoms. The highest BCUT2D eigenvalue weighted by Crippen LogP contribution is 2.25. The summed E-state index contributed by atoms with van der Waals surface area (Å²) < 4.78 is 21.1. The zero-order chi connectivity index (χ0) is 24.4. The van der Waals surface area contributed by atoms with Crippen molar-refractivity contribution in [3.63, 3.8) is 0 Å². The molecule has 0 spiro atoms. The maximum Gasteiger partial charge on any atom is 0.321 e. The summed E-state index contributed by atoms with van der Waals surface area (Å²) in [7, 11) is 0. The smallest absolute Gasteiger partial charge is 0.321 e. The van der Waals surface area contributed by atoms with Gasteiger partial charge < -0.3 is 15.0 Å². The summed E-state index contributed by atoms with van der Waals surface area (Å²) in [6.45, 7) is 3.72. The van der Waals surface area contributed by atoms with E-state index in [2.05, 4.69) is 15.7 Å². The number of carbonyl (C=O) groups excluding carboxylic acids is 1. The molecule has 1 saturated heterocycles. The first-order chi connectivity index (χ1) is 17.0. The molecule has 1 N–H and O–H groups in total. The zero-order valence-electron chi connectivity index (χ0n) is 19.3. The number of aromatic nitrogens is 2. The Bertz CT molecular complexity index is 1330. The van der Waals surface area contributed by atoms with Crippen molar-refractivity contribution >= 4 is 39.6 Å². The molecule has 0 saturated carbocycles. The molecule has 4 aromatic rings. The van der Waals surface area contributed by atoms with Gasteiger partial charge in [0.05, 0.1) is 11.8 Å². The third-order valence-electron chi connectivity index (χ3n) is 6.22. The topological polar surface area (TPSA) is 58.9 Å². The number of nitrogens with one attached hydrogen (secondary N) is 1. The number of thiazole rings is 1. The van der Waals surface area contributed by atoms with Crippen LogP contribution in [0, 0.1) is 12.7 Å². The first-order valence-electron chi connectivity index (χ1n) is 11.6. The average molecular weight is 513 g/mol. The molecule has 3 heterocycles. The van der Waals surface area contributed by atoms with Crippen LogP contribution in [-0.4, -0.2) is 46.1 Å². The molecular weight excluding hydrogens is 487 g/mol. The fourth-order valence-corrected chi connectivity index (χ4v) is 5.29. The van der Waals surface area contributed by atoms with Gasteiger partial charge in [-0.15, -0.1) is 11.3 Å². The largest absolute Gasteiger partial charge is 0.376 e. The summed E-state index contributed by atoms with van der Waals surface area (Å²) in [6, 6.07) is 11.7. The molecule has 182 valence electrons. The van der Waals surface area contributed by atoms with E-state index < -0.39 is 0 Å². The van der Waals surface area contributed by atoms with Gasteiger partial charge in [0, 0.05) is 59.7 Å². The van der Waals surface area contributed by atoms with Gasteiger partial charge in [0.1, 0.15) is 5.82 Å². The molecule has 2 aromatic heterocycles. The van der Waals surface area contributed by atoms with Crippen LogP contribution in [0.5, 0.6) is 0 Å². The summed E-state index contributed by atoms with van der Waals surface area (Å²) in [5, 5.41) is 5.67. The second-order valence-electron chi connectivity index (χ2n) is 8.74. The summed E-state index contributed by atoms with van der Waals surface area (Å²) in [6.07, 6.45) is 4.63. The molecule has 1 aliphatic rings. The van der Waals surface area contributed by atoms with Crippen molar-refractivity contribution in [1.29, 1.82) is 0 Å². The van der Waals surface area contributed by atoms with Crippen LogP contribution in [0.25, 0.3) is 16.2 Å². The van der Waals surface area contributed by atoms with Gasteiger partial charge in [0.15, 0.2) is 4.96 Å². The molecule has 0 radical (unpaired) electrons. The van der Waals surface area contributed by atoms with E-state index in [0.29, 0.717) is 30.2 Å². The first-order valence-corrected chi connectivity index (χ1v) is 12.9. The molecule has 0 aliphatic carbocycles. The SMILES string of the molecule is Cc1ccc(NC(=O)N(CCc2csc3nc(-c4ccc(F)cc4)cn23)CC2CCCO2)cc1Cl. The van der Waals surface area contributed by atoms with Gasteiger partial charge >= 0.3 is 6.03 Å².